The van der Waals surface area contributed by atoms with Gasteiger partial charge in [0.15, 0.2) is 0 Å². The Morgan fingerprint density at radius 2 is 1.88 bits per heavy atom. The summed E-state index contributed by atoms with van der Waals surface area (Å²) >= 11 is 0. The van der Waals surface area contributed by atoms with Crippen LogP contribution in [0.25, 0.3) is 11.1 Å². The molecule has 3 N–H and O–H groups in total. The molecule has 0 bridgehead atoms. The largest absolute Gasteiger partial charge is 0.508 e. The highest BCUT2D eigenvalue weighted by Crippen LogP contribution is 2.32. The van der Waals surface area contributed by atoms with Crippen LogP contribution in [0.3, 0.4) is 0 Å². The van der Waals surface area contributed by atoms with E-state index in [0.717, 1.165) is 48.6 Å². The van der Waals surface area contributed by atoms with Crippen LogP contribution < -0.4 is 10.5 Å². The summed E-state index contributed by atoms with van der Waals surface area (Å²) in [7, 11) is 0. The van der Waals surface area contributed by atoms with Crippen LogP contribution in [0.5, 0.6) is 17.4 Å². The minimum Gasteiger partial charge on any atom is -0.508 e. The van der Waals surface area contributed by atoms with Crippen molar-refractivity contribution in [3.63, 3.8) is 0 Å². The zero-order valence-corrected chi connectivity index (χ0v) is 17.8. The Hall–Kier alpha value is -3.45. The third-order valence-electron chi connectivity index (χ3n) is 5.62. The molecule has 1 aromatic heterocycles. The lowest BCUT2D eigenvalue weighted by molar-refractivity contribution is 0.0997. The summed E-state index contributed by atoms with van der Waals surface area (Å²) < 4.78 is 19.3. The summed E-state index contributed by atoms with van der Waals surface area (Å²) in [5.74, 6) is -0.861. The molecule has 166 valence electrons. The van der Waals surface area contributed by atoms with Crippen molar-refractivity contribution in [2.75, 3.05) is 13.1 Å². The van der Waals surface area contributed by atoms with Crippen LogP contribution in [0, 0.1) is 5.82 Å². The number of likely N-dealkylation sites (tertiary alicyclic amines) is 1. The molecule has 0 unspecified atom stereocenters. The molecule has 1 saturated heterocycles. The van der Waals surface area contributed by atoms with E-state index >= 15 is 0 Å². The normalized spacial score (nSPS) is 14.7. The molecule has 3 aromatic rings. The minimum atomic E-state index is -0.818. The number of hydrogen-bond donors (Lipinski definition) is 2. The first kappa shape index (κ1) is 21.8. The van der Waals surface area contributed by atoms with Gasteiger partial charge in [0, 0.05) is 6.54 Å². The first-order chi connectivity index (χ1) is 15.5. The lowest BCUT2D eigenvalue weighted by atomic mass is 9.98. The number of halogens is 1. The van der Waals surface area contributed by atoms with Gasteiger partial charge in [0.05, 0.1) is 6.20 Å². The highest BCUT2D eigenvalue weighted by molar-refractivity contribution is 5.95. The van der Waals surface area contributed by atoms with E-state index in [4.69, 9.17) is 10.5 Å². The fourth-order valence-corrected chi connectivity index (χ4v) is 4.05. The molecule has 1 fully saturated rings. The Morgan fingerprint density at radius 3 is 2.62 bits per heavy atom. The van der Waals surface area contributed by atoms with Gasteiger partial charge in [-0.1, -0.05) is 31.0 Å². The van der Waals surface area contributed by atoms with E-state index in [1.165, 1.54) is 25.7 Å². The van der Waals surface area contributed by atoms with Crippen LogP contribution in [0.2, 0.25) is 0 Å². The summed E-state index contributed by atoms with van der Waals surface area (Å²) in [6, 6.07) is 13.7. The number of nitrogens with zero attached hydrogens (tertiary/aromatic N) is 2. The third-order valence-corrected chi connectivity index (χ3v) is 5.62. The van der Waals surface area contributed by atoms with Crippen LogP contribution in [0.1, 0.15) is 41.6 Å². The van der Waals surface area contributed by atoms with Gasteiger partial charge in [0.1, 0.15) is 22.9 Å². The summed E-state index contributed by atoms with van der Waals surface area (Å²) in [4.78, 5) is 17.9. The minimum absolute atomic E-state index is 0.0495. The Kier molecular flexibility index (Phi) is 6.66. The molecule has 0 atom stereocenters. The molecule has 0 radical (unpaired) electrons. The first-order valence-electron chi connectivity index (χ1n) is 10.8. The Balaban J connectivity index is 1.63. The topological polar surface area (TPSA) is 88.7 Å². The van der Waals surface area contributed by atoms with Crippen molar-refractivity contribution >= 4 is 5.91 Å². The number of hydrogen-bond acceptors (Lipinski definition) is 5. The van der Waals surface area contributed by atoms with Gasteiger partial charge in [-0.05, 0) is 73.0 Å². The number of phenolic OH excluding ortho intramolecular Hbond substituents is 1. The predicted molar refractivity (Wildman–Crippen MR) is 120 cm³/mol. The van der Waals surface area contributed by atoms with Crippen molar-refractivity contribution in [1.29, 1.82) is 0 Å². The molecule has 1 aliphatic rings. The number of nitrogens with two attached hydrogens (primary N) is 1. The predicted octanol–water partition coefficient (Wildman–Crippen LogP) is 4.86. The Morgan fingerprint density at radius 1 is 1.09 bits per heavy atom. The van der Waals surface area contributed by atoms with Crippen LogP contribution in [0.15, 0.2) is 54.7 Å². The number of carbonyl (C=O) groups excluding carboxylic acids is 1. The smallest absolute Gasteiger partial charge is 0.254 e. The summed E-state index contributed by atoms with van der Waals surface area (Å²) in [5, 5.41) is 10.1. The van der Waals surface area contributed by atoms with Crippen LogP contribution >= 0.6 is 0 Å². The average Bonchev–Trinajstić information content (AvgIpc) is 3.04. The number of aromatic nitrogens is 1. The van der Waals surface area contributed by atoms with Crippen molar-refractivity contribution in [3.05, 3.63) is 71.7 Å². The number of carbonyl (C=O) groups is 1. The Labute approximate surface area is 186 Å². The monoisotopic (exact) mass is 435 g/mol. The number of benzene rings is 2. The highest BCUT2D eigenvalue weighted by Gasteiger charge is 2.16. The molecule has 6 nitrogen and oxygen atoms in total. The highest BCUT2D eigenvalue weighted by atomic mass is 19.1. The molecule has 7 heteroatoms. The second-order valence-electron chi connectivity index (χ2n) is 8.03. The lowest BCUT2D eigenvalue weighted by Gasteiger charge is -2.22. The van der Waals surface area contributed by atoms with Crippen molar-refractivity contribution < 1.29 is 19.0 Å². The Bertz CT molecular complexity index is 1110. The zero-order chi connectivity index (χ0) is 22.5. The summed E-state index contributed by atoms with van der Waals surface area (Å²) in [6.45, 7) is 2.84. The first-order valence-corrected chi connectivity index (χ1v) is 10.8. The number of aromatic hydroxyl groups is 1. The van der Waals surface area contributed by atoms with E-state index in [-0.39, 0.29) is 17.2 Å². The van der Waals surface area contributed by atoms with Crippen molar-refractivity contribution in [1.82, 2.24) is 9.88 Å². The van der Waals surface area contributed by atoms with Crippen molar-refractivity contribution in [2.24, 2.45) is 5.73 Å². The number of primary amides is 1. The van der Waals surface area contributed by atoms with Gasteiger partial charge < -0.3 is 15.6 Å². The summed E-state index contributed by atoms with van der Waals surface area (Å²) in [6.07, 6.45) is 5.86. The van der Waals surface area contributed by atoms with Gasteiger partial charge in [0.25, 0.3) is 5.91 Å². The molecule has 2 heterocycles. The molecule has 1 amide bonds. The number of amides is 1. The lowest BCUT2D eigenvalue weighted by Crippen LogP contribution is -2.24. The second-order valence-corrected chi connectivity index (χ2v) is 8.03. The standard InChI is InChI=1S/C25H26FN3O3/c26-19-14-23(24(27)31)25(28-15-19)32-21-7-5-6-17(13-21)22-9-8-20(30)12-18(22)16-29-10-3-1-2-4-11-29/h5-9,12-15,30H,1-4,10-11,16H2,(H2,27,31). The SMILES string of the molecule is NC(=O)c1cc(F)cnc1Oc1cccc(-c2ccc(O)cc2CN2CCCCCC2)c1. The number of pyridine rings is 1. The maximum atomic E-state index is 13.5. The zero-order valence-electron chi connectivity index (χ0n) is 17.8. The van der Waals surface area contributed by atoms with E-state index in [9.17, 15) is 14.3 Å². The van der Waals surface area contributed by atoms with Gasteiger partial charge in [-0.25, -0.2) is 9.37 Å². The molecule has 0 aliphatic carbocycles. The van der Waals surface area contributed by atoms with Gasteiger partial charge in [-0.2, -0.15) is 0 Å². The summed E-state index contributed by atoms with van der Waals surface area (Å²) in [5.41, 5.74) is 8.13. The molecule has 4 rings (SSSR count). The van der Waals surface area contributed by atoms with Crippen LogP contribution in [-0.2, 0) is 6.54 Å². The molecule has 1 aliphatic heterocycles. The van der Waals surface area contributed by atoms with E-state index < -0.39 is 11.7 Å². The average molecular weight is 435 g/mol. The van der Waals surface area contributed by atoms with Crippen molar-refractivity contribution in [3.8, 4) is 28.5 Å². The van der Waals surface area contributed by atoms with Crippen molar-refractivity contribution in [2.45, 2.75) is 32.2 Å². The van der Waals surface area contributed by atoms with E-state index in [0.29, 0.717) is 5.75 Å². The van der Waals surface area contributed by atoms with Gasteiger partial charge in [-0.3, -0.25) is 9.69 Å². The van der Waals surface area contributed by atoms with Gasteiger partial charge >= 0.3 is 0 Å². The molecule has 0 spiro atoms. The number of phenols is 1. The number of ether oxygens (including phenoxy) is 1. The molecule has 32 heavy (non-hydrogen) atoms. The quantitative estimate of drug-likeness (QED) is 0.577. The second kappa shape index (κ2) is 9.78. The van der Waals surface area contributed by atoms with Crippen LogP contribution in [-0.4, -0.2) is 34.0 Å². The maximum Gasteiger partial charge on any atom is 0.254 e. The fraction of sp³-hybridized carbons (Fsp3) is 0.280. The van der Waals surface area contributed by atoms with E-state index in [2.05, 4.69) is 9.88 Å². The van der Waals surface area contributed by atoms with E-state index in [1.807, 2.05) is 24.3 Å². The third kappa shape index (κ3) is 5.23. The van der Waals surface area contributed by atoms with Crippen LogP contribution in [0.4, 0.5) is 4.39 Å². The molecule has 0 saturated carbocycles. The number of rotatable bonds is 6. The van der Waals surface area contributed by atoms with Gasteiger partial charge in [-0.15, -0.1) is 0 Å². The molecule has 2 aromatic carbocycles. The maximum absolute atomic E-state index is 13.5. The van der Waals surface area contributed by atoms with E-state index in [1.54, 1.807) is 18.2 Å². The van der Waals surface area contributed by atoms with Gasteiger partial charge in [0.2, 0.25) is 5.88 Å². The molecular weight excluding hydrogens is 409 g/mol. The fourth-order valence-electron chi connectivity index (χ4n) is 4.05. The molecular formula is C25H26FN3O3.